The van der Waals surface area contributed by atoms with E-state index >= 15 is 0 Å². The van der Waals surface area contributed by atoms with Gasteiger partial charge in [0.15, 0.2) is 6.10 Å². The molecule has 1 aromatic rings. The van der Waals surface area contributed by atoms with Crippen LogP contribution in [0.3, 0.4) is 0 Å². The quantitative estimate of drug-likeness (QED) is 0.620. The number of amides is 3. The van der Waals surface area contributed by atoms with Gasteiger partial charge in [-0.1, -0.05) is 25.0 Å². The second kappa shape index (κ2) is 8.12. The molecular formula is C21H26N2O5. The fourth-order valence-corrected chi connectivity index (χ4v) is 3.97. The van der Waals surface area contributed by atoms with Gasteiger partial charge in [0.1, 0.15) is 6.04 Å². The monoisotopic (exact) mass is 386 g/mol. The van der Waals surface area contributed by atoms with Crippen LogP contribution in [0.4, 0.5) is 5.69 Å². The van der Waals surface area contributed by atoms with Gasteiger partial charge in [-0.15, -0.1) is 0 Å². The molecule has 1 saturated carbocycles. The second-order valence-electron chi connectivity index (χ2n) is 7.66. The maximum absolute atomic E-state index is 12.6. The molecule has 3 rings (SSSR count). The lowest BCUT2D eigenvalue weighted by Crippen LogP contribution is -2.46. The number of rotatable bonds is 5. The van der Waals surface area contributed by atoms with Gasteiger partial charge >= 0.3 is 5.97 Å². The molecular weight excluding hydrogens is 360 g/mol. The van der Waals surface area contributed by atoms with Crippen molar-refractivity contribution in [3.63, 3.8) is 0 Å². The molecule has 3 unspecified atom stereocenters. The Bertz CT molecular complexity index is 782. The Balaban J connectivity index is 1.61. The molecule has 1 aliphatic carbocycles. The van der Waals surface area contributed by atoms with Gasteiger partial charge in [0.2, 0.25) is 11.8 Å². The first-order valence-corrected chi connectivity index (χ1v) is 9.74. The van der Waals surface area contributed by atoms with Crippen molar-refractivity contribution in [2.45, 2.75) is 58.6 Å². The summed E-state index contributed by atoms with van der Waals surface area (Å²) in [6.45, 7) is 4.84. The molecule has 0 bridgehead atoms. The third kappa shape index (κ3) is 3.93. The predicted octanol–water partition coefficient (Wildman–Crippen LogP) is 2.43. The van der Waals surface area contributed by atoms with Crippen molar-refractivity contribution in [2.75, 3.05) is 5.32 Å². The second-order valence-corrected chi connectivity index (χ2v) is 7.66. The summed E-state index contributed by atoms with van der Waals surface area (Å²) in [5.74, 6) is -2.46. The van der Waals surface area contributed by atoms with E-state index in [9.17, 15) is 19.2 Å². The number of fused-ring (bicyclic) bond motifs is 1. The van der Waals surface area contributed by atoms with Crippen LogP contribution >= 0.6 is 0 Å². The highest BCUT2D eigenvalue weighted by molar-refractivity contribution is 6.08. The summed E-state index contributed by atoms with van der Waals surface area (Å²) in [5, 5.41) is 2.69. The molecule has 1 N–H and O–H groups in total. The van der Waals surface area contributed by atoms with Gasteiger partial charge in [0, 0.05) is 5.69 Å². The minimum absolute atomic E-state index is 0.295. The molecule has 3 amide bonds. The summed E-state index contributed by atoms with van der Waals surface area (Å²) in [6, 6.07) is 6.22. The van der Waals surface area contributed by atoms with Crippen LogP contribution in [0.1, 0.15) is 45.1 Å². The van der Waals surface area contributed by atoms with Crippen LogP contribution in [-0.2, 0) is 23.9 Å². The van der Waals surface area contributed by atoms with Crippen molar-refractivity contribution in [3.05, 3.63) is 29.8 Å². The van der Waals surface area contributed by atoms with Crippen LogP contribution in [0.25, 0.3) is 0 Å². The van der Waals surface area contributed by atoms with E-state index in [-0.39, 0.29) is 23.7 Å². The third-order valence-corrected chi connectivity index (χ3v) is 5.55. The molecule has 1 aromatic carbocycles. The maximum atomic E-state index is 12.6. The van der Waals surface area contributed by atoms with Gasteiger partial charge in [-0.3, -0.25) is 19.3 Å². The average molecular weight is 386 g/mol. The molecule has 0 spiro atoms. The number of likely N-dealkylation sites (tertiary alicyclic amines) is 1. The average Bonchev–Trinajstić information content (AvgIpc) is 2.92. The molecule has 1 aliphatic heterocycles. The first-order chi connectivity index (χ1) is 13.3. The first kappa shape index (κ1) is 20.0. The molecule has 1 saturated heterocycles. The van der Waals surface area contributed by atoms with Crippen molar-refractivity contribution in [2.24, 2.45) is 11.8 Å². The number of ether oxygens (including phenoxy) is 1. The molecule has 150 valence electrons. The van der Waals surface area contributed by atoms with Crippen molar-refractivity contribution >= 4 is 29.4 Å². The number of carbonyl (C=O) groups is 4. The molecule has 0 radical (unpaired) electrons. The number of imide groups is 1. The van der Waals surface area contributed by atoms with E-state index in [0.717, 1.165) is 23.3 Å². The molecule has 28 heavy (non-hydrogen) atoms. The SMILES string of the molecule is Cc1cccc(NC(=O)C(C)OC(=O)[C@H](C)N2C(=O)C3CCCCC3C2=O)c1. The first-order valence-electron chi connectivity index (χ1n) is 9.74. The molecule has 2 aliphatic rings. The van der Waals surface area contributed by atoms with Crippen LogP contribution in [-0.4, -0.2) is 40.7 Å². The van der Waals surface area contributed by atoms with Crippen molar-refractivity contribution in [1.29, 1.82) is 0 Å². The smallest absolute Gasteiger partial charge is 0.329 e. The van der Waals surface area contributed by atoms with E-state index in [1.807, 2.05) is 19.1 Å². The molecule has 2 fully saturated rings. The van der Waals surface area contributed by atoms with Gasteiger partial charge in [0.25, 0.3) is 5.91 Å². The zero-order valence-electron chi connectivity index (χ0n) is 16.4. The maximum Gasteiger partial charge on any atom is 0.329 e. The van der Waals surface area contributed by atoms with E-state index in [1.165, 1.54) is 13.8 Å². The Morgan fingerprint density at radius 2 is 1.71 bits per heavy atom. The largest absolute Gasteiger partial charge is 0.451 e. The highest BCUT2D eigenvalue weighted by atomic mass is 16.5. The van der Waals surface area contributed by atoms with Gasteiger partial charge < -0.3 is 10.1 Å². The van der Waals surface area contributed by atoms with E-state index < -0.39 is 24.0 Å². The Hall–Kier alpha value is -2.70. The molecule has 7 nitrogen and oxygen atoms in total. The van der Waals surface area contributed by atoms with E-state index in [1.54, 1.807) is 12.1 Å². The fourth-order valence-electron chi connectivity index (χ4n) is 3.97. The summed E-state index contributed by atoms with van der Waals surface area (Å²) < 4.78 is 5.24. The standard InChI is InChI=1S/C21H26N2O5/c1-12-7-6-8-15(11-12)22-18(24)14(3)28-21(27)13(2)23-19(25)16-9-4-5-10-17(16)20(23)26/h6-8,11,13-14,16-17H,4-5,9-10H2,1-3H3,(H,22,24)/t13-,14?,16?,17?/m0/s1. The highest BCUT2D eigenvalue weighted by Gasteiger charge is 2.51. The van der Waals surface area contributed by atoms with Crippen molar-refractivity contribution in [3.8, 4) is 0 Å². The number of esters is 1. The zero-order chi connectivity index (χ0) is 20.4. The van der Waals surface area contributed by atoms with E-state index in [2.05, 4.69) is 5.32 Å². The minimum atomic E-state index is -1.05. The number of anilines is 1. The molecule has 1 heterocycles. The van der Waals surface area contributed by atoms with Gasteiger partial charge in [-0.25, -0.2) is 4.79 Å². The van der Waals surface area contributed by atoms with Gasteiger partial charge in [-0.2, -0.15) is 0 Å². The number of nitrogens with zero attached hydrogens (tertiary/aromatic N) is 1. The number of hydrogen-bond donors (Lipinski definition) is 1. The molecule has 7 heteroatoms. The number of carbonyl (C=O) groups excluding carboxylic acids is 4. The van der Waals surface area contributed by atoms with Gasteiger partial charge in [0.05, 0.1) is 11.8 Å². The van der Waals surface area contributed by atoms with Crippen molar-refractivity contribution in [1.82, 2.24) is 4.90 Å². The summed E-state index contributed by atoms with van der Waals surface area (Å²) in [7, 11) is 0. The van der Waals surface area contributed by atoms with Crippen molar-refractivity contribution < 1.29 is 23.9 Å². The Kier molecular flexibility index (Phi) is 5.82. The Morgan fingerprint density at radius 3 is 2.29 bits per heavy atom. The molecule has 4 atom stereocenters. The number of hydrogen-bond acceptors (Lipinski definition) is 5. The van der Waals surface area contributed by atoms with Crippen LogP contribution in [0.5, 0.6) is 0 Å². The Morgan fingerprint density at radius 1 is 1.11 bits per heavy atom. The predicted molar refractivity (Wildman–Crippen MR) is 102 cm³/mol. The minimum Gasteiger partial charge on any atom is -0.451 e. The summed E-state index contributed by atoms with van der Waals surface area (Å²) in [6.07, 6.45) is 2.16. The Labute approximate surface area is 164 Å². The highest BCUT2D eigenvalue weighted by Crippen LogP contribution is 2.38. The van der Waals surface area contributed by atoms with Crippen LogP contribution in [0.15, 0.2) is 24.3 Å². The molecule has 0 aromatic heterocycles. The van der Waals surface area contributed by atoms with E-state index in [0.29, 0.717) is 18.5 Å². The van der Waals surface area contributed by atoms with Crippen LogP contribution in [0.2, 0.25) is 0 Å². The summed E-state index contributed by atoms with van der Waals surface area (Å²) in [4.78, 5) is 51.1. The lowest BCUT2D eigenvalue weighted by molar-refractivity contribution is -0.163. The van der Waals surface area contributed by atoms with Gasteiger partial charge in [-0.05, 0) is 51.3 Å². The summed E-state index contributed by atoms with van der Waals surface area (Å²) in [5.41, 5.74) is 1.60. The topological polar surface area (TPSA) is 92.8 Å². The summed E-state index contributed by atoms with van der Waals surface area (Å²) >= 11 is 0. The number of aryl methyl sites for hydroxylation is 1. The number of benzene rings is 1. The van der Waals surface area contributed by atoms with Crippen LogP contribution < -0.4 is 5.32 Å². The number of nitrogens with one attached hydrogen (secondary N) is 1. The normalized spacial score (nSPS) is 23.8. The lowest BCUT2D eigenvalue weighted by Gasteiger charge is -2.23. The van der Waals surface area contributed by atoms with E-state index in [4.69, 9.17) is 4.74 Å². The fraction of sp³-hybridized carbons (Fsp3) is 0.524. The van der Waals surface area contributed by atoms with Crippen LogP contribution in [0, 0.1) is 18.8 Å². The lowest BCUT2D eigenvalue weighted by atomic mass is 9.81. The zero-order valence-corrected chi connectivity index (χ0v) is 16.4. The third-order valence-electron chi connectivity index (χ3n) is 5.55.